The first-order valence-electron chi connectivity index (χ1n) is 6.86. The highest BCUT2D eigenvalue weighted by Crippen LogP contribution is 2.12. The van der Waals surface area contributed by atoms with Gasteiger partial charge in [-0.1, -0.05) is 0 Å². The van der Waals surface area contributed by atoms with E-state index in [9.17, 15) is 19.7 Å². The molecule has 1 heterocycles. The van der Waals surface area contributed by atoms with Crippen molar-refractivity contribution in [1.82, 2.24) is 10.7 Å². The summed E-state index contributed by atoms with van der Waals surface area (Å²) in [6, 6.07) is 7.04. The summed E-state index contributed by atoms with van der Waals surface area (Å²) >= 11 is 1.50. The SMILES string of the molecule is Cc1ccsc1/C=N\NC(=O)CNC(=O)c1ccc([N+](=O)[O-])cc1. The molecule has 0 radical (unpaired) electrons. The van der Waals surface area contributed by atoms with Crippen LogP contribution in [0.4, 0.5) is 5.69 Å². The van der Waals surface area contributed by atoms with Gasteiger partial charge in [0.1, 0.15) is 0 Å². The first-order chi connectivity index (χ1) is 11.5. The highest BCUT2D eigenvalue weighted by molar-refractivity contribution is 7.11. The summed E-state index contributed by atoms with van der Waals surface area (Å²) in [5.41, 5.74) is 3.49. The van der Waals surface area contributed by atoms with Gasteiger partial charge >= 0.3 is 0 Å². The zero-order chi connectivity index (χ0) is 17.5. The molecule has 0 bridgehead atoms. The fraction of sp³-hybridized carbons (Fsp3) is 0.133. The fourth-order valence-corrected chi connectivity index (χ4v) is 2.50. The van der Waals surface area contributed by atoms with Crippen LogP contribution in [-0.4, -0.2) is 29.5 Å². The van der Waals surface area contributed by atoms with Crippen LogP contribution in [0.15, 0.2) is 40.8 Å². The highest BCUT2D eigenvalue weighted by atomic mass is 32.1. The molecule has 2 N–H and O–H groups in total. The second kappa shape index (κ2) is 7.97. The zero-order valence-electron chi connectivity index (χ0n) is 12.7. The molecule has 2 aromatic rings. The molecule has 0 saturated heterocycles. The largest absolute Gasteiger partial charge is 0.343 e. The number of thiophene rings is 1. The van der Waals surface area contributed by atoms with Gasteiger partial charge in [0.2, 0.25) is 0 Å². The van der Waals surface area contributed by atoms with Crippen LogP contribution in [0.1, 0.15) is 20.8 Å². The normalized spacial score (nSPS) is 10.5. The van der Waals surface area contributed by atoms with Crippen molar-refractivity contribution in [3.05, 3.63) is 61.8 Å². The lowest BCUT2D eigenvalue weighted by Crippen LogP contribution is -2.34. The molecule has 1 aromatic heterocycles. The van der Waals surface area contributed by atoms with Gasteiger partial charge in [0, 0.05) is 22.6 Å². The first kappa shape index (κ1) is 17.3. The van der Waals surface area contributed by atoms with Crippen LogP contribution < -0.4 is 10.7 Å². The quantitative estimate of drug-likeness (QED) is 0.472. The minimum absolute atomic E-state index is 0.109. The topological polar surface area (TPSA) is 114 Å². The number of hydrogen-bond acceptors (Lipinski definition) is 6. The summed E-state index contributed by atoms with van der Waals surface area (Å²) < 4.78 is 0. The van der Waals surface area contributed by atoms with Crippen molar-refractivity contribution in [2.24, 2.45) is 5.10 Å². The third kappa shape index (κ3) is 4.71. The van der Waals surface area contributed by atoms with Crippen molar-refractivity contribution in [2.45, 2.75) is 6.92 Å². The summed E-state index contributed by atoms with van der Waals surface area (Å²) in [5.74, 6) is -0.978. The van der Waals surface area contributed by atoms with E-state index in [0.717, 1.165) is 10.4 Å². The number of aryl methyl sites for hydroxylation is 1. The van der Waals surface area contributed by atoms with Crippen LogP contribution >= 0.6 is 11.3 Å². The summed E-state index contributed by atoms with van der Waals surface area (Å²) in [5, 5.41) is 18.7. The van der Waals surface area contributed by atoms with Gasteiger partial charge < -0.3 is 5.32 Å². The molecule has 24 heavy (non-hydrogen) atoms. The molecule has 0 spiro atoms. The van der Waals surface area contributed by atoms with Gasteiger partial charge in [0.05, 0.1) is 17.7 Å². The standard InChI is InChI=1S/C15H14N4O4S/c1-10-6-7-24-13(10)8-17-18-14(20)9-16-15(21)11-2-4-12(5-3-11)19(22)23/h2-8H,9H2,1H3,(H,16,21)(H,18,20)/b17-8-. The molecule has 2 rings (SSSR count). The Hall–Kier alpha value is -3.07. The maximum atomic E-state index is 11.8. The average Bonchev–Trinajstić information content (AvgIpc) is 2.98. The molecule has 0 unspecified atom stereocenters. The number of rotatable bonds is 6. The van der Waals surface area contributed by atoms with E-state index in [1.807, 2.05) is 18.4 Å². The fourth-order valence-electron chi connectivity index (χ4n) is 1.72. The first-order valence-corrected chi connectivity index (χ1v) is 7.74. The Labute approximate surface area is 141 Å². The van der Waals surface area contributed by atoms with Gasteiger partial charge in [-0.2, -0.15) is 5.10 Å². The van der Waals surface area contributed by atoms with E-state index < -0.39 is 16.7 Å². The average molecular weight is 346 g/mol. The number of non-ortho nitro benzene ring substituents is 1. The van der Waals surface area contributed by atoms with E-state index in [0.29, 0.717) is 0 Å². The number of nitrogens with one attached hydrogen (secondary N) is 2. The van der Waals surface area contributed by atoms with E-state index >= 15 is 0 Å². The molecule has 2 amide bonds. The summed E-state index contributed by atoms with van der Waals surface area (Å²) in [7, 11) is 0. The van der Waals surface area contributed by atoms with Crippen LogP contribution in [0, 0.1) is 17.0 Å². The molecule has 0 aliphatic carbocycles. The Morgan fingerprint density at radius 1 is 1.29 bits per heavy atom. The molecule has 0 aliphatic heterocycles. The van der Waals surface area contributed by atoms with Crippen LogP contribution in [0.3, 0.4) is 0 Å². The zero-order valence-corrected chi connectivity index (χ0v) is 13.5. The molecular formula is C15H14N4O4S. The molecule has 0 fully saturated rings. The second-order valence-corrected chi connectivity index (χ2v) is 5.70. The number of hydrazone groups is 1. The molecule has 0 saturated carbocycles. The van der Waals surface area contributed by atoms with Crippen molar-refractivity contribution in [3.8, 4) is 0 Å². The highest BCUT2D eigenvalue weighted by Gasteiger charge is 2.10. The molecule has 8 nitrogen and oxygen atoms in total. The number of nitro benzene ring substituents is 1. The Morgan fingerprint density at radius 3 is 2.58 bits per heavy atom. The number of nitrogens with zero attached hydrogens (tertiary/aromatic N) is 2. The molecular weight excluding hydrogens is 332 g/mol. The van der Waals surface area contributed by atoms with Gasteiger partial charge in [-0.25, -0.2) is 5.43 Å². The van der Waals surface area contributed by atoms with Gasteiger partial charge in [-0.3, -0.25) is 19.7 Å². The van der Waals surface area contributed by atoms with Gasteiger partial charge in [0.15, 0.2) is 0 Å². The van der Waals surface area contributed by atoms with Crippen LogP contribution in [0.25, 0.3) is 0 Å². The Kier molecular flexibility index (Phi) is 5.74. The van der Waals surface area contributed by atoms with E-state index in [-0.39, 0.29) is 17.8 Å². The Balaban J connectivity index is 1.80. The monoisotopic (exact) mass is 346 g/mol. The maximum absolute atomic E-state index is 11.8. The number of amides is 2. The summed E-state index contributed by atoms with van der Waals surface area (Å²) in [6.07, 6.45) is 1.54. The number of hydrogen-bond donors (Lipinski definition) is 2. The van der Waals surface area contributed by atoms with Crippen LogP contribution in [0.5, 0.6) is 0 Å². The van der Waals surface area contributed by atoms with Crippen molar-refractivity contribution in [2.75, 3.05) is 6.54 Å². The number of carbonyl (C=O) groups is 2. The minimum Gasteiger partial charge on any atom is -0.343 e. The third-order valence-electron chi connectivity index (χ3n) is 3.02. The third-order valence-corrected chi connectivity index (χ3v) is 3.98. The molecule has 124 valence electrons. The predicted molar refractivity (Wildman–Crippen MR) is 90.2 cm³/mol. The molecule has 0 aliphatic rings. The van der Waals surface area contributed by atoms with Crippen molar-refractivity contribution < 1.29 is 14.5 Å². The summed E-state index contributed by atoms with van der Waals surface area (Å²) in [6.45, 7) is 1.68. The van der Waals surface area contributed by atoms with E-state index in [1.54, 1.807) is 0 Å². The van der Waals surface area contributed by atoms with Gasteiger partial charge in [-0.05, 0) is 36.1 Å². The maximum Gasteiger partial charge on any atom is 0.269 e. The van der Waals surface area contributed by atoms with Gasteiger partial charge in [0.25, 0.3) is 17.5 Å². The number of nitro groups is 1. The Bertz CT molecular complexity index is 783. The van der Waals surface area contributed by atoms with E-state index in [2.05, 4.69) is 15.8 Å². The molecule has 9 heteroatoms. The van der Waals surface area contributed by atoms with Crippen molar-refractivity contribution in [3.63, 3.8) is 0 Å². The van der Waals surface area contributed by atoms with Gasteiger partial charge in [-0.15, -0.1) is 11.3 Å². The molecule has 0 atom stereocenters. The smallest absolute Gasteiger partial charge is 0.269 e. The minimum atomic E-state index is -0.553. The lowest BCUT2D eigenvalue weighted by Gasteiger charge is -2.04. The van der Waals surface area contributed by atoms with E-state index in [1.165, 1.54) is 41.8 Å². The van der Waals surface area contributed by atoms with Crippen LogP contribution in [0.2, 0.25) is 0 Å². The van der Waals surface area contributed by atoms with Crippen molar-refractivity contribution in [1.29, 1.82) is 0 Å². The summed E-state index contributed by atoms with van der Waals surface area (Å²) in [4.78, 5) is 34.4. The number of carbonyl (C=O) groups excluding carboxylic acids is 2. The lowest BCUT2D eigenvalue weighted by molar-refractivity contribution is -0.384. The van der Waals surface area contributed by atoms with E-state index in [4.69, 9.17) is 0 Å². The number of benzene rings is 1. The predicted octanol–water partition coefficient (Wildman–Crippen LogP) is 1.84. The van der Waals surface area contributed by atoms with Crippen LogP contribution in [-0.2, 0) is 4.79 Å². The Morgan fingerprint density at radius 2 is 2.00 bits per heavy atom. The van der Waals surface area contributed by atoms with Crippen molar-refractivity contribution >= 4 is 35.1 Å². The lowest BCUT2D eigenvalue weighted by atomic mass is 10.2. The second-order valence-electron chi connectivity index (χ2n) is 4.75. The molecule has 1 aromatic carbocycles.